The first-order valence-corrected chi connectivity index (χ1v) is 13.1. The van der Waals surface area contributed by atoms with E-state index in [4.69, 9.17) is 21.9 Å². The van der Waals surface area contributed by atoms with Crippen LogP contribution >= 0.6 is 12.2 Å². The van der Waals surface area contributed by atoms with Crippen molar-refractivity contribution in [3.8, 4) is 17.2 Å². The second-order valence-electron chi connectivity index (χ2n) is 9.43. The van der Waals surface area contributed by atoms with Gasteiger partial charge in [0.05, 0.1) is 11.7 Å². The van der Waals surface area contributed by atoms with Crippen LogP contribution in [0.2, 0.25) is 0 Å². The van der Waals surface area contributed by atoms with Gasteiger partial charge in [0.1, 0.15) is 17.5 Å². The second kappa shape index (κ2) is 10.1. The van der Waals surface area contributed by atoms with E-state index in [0.717, 1.165) is 45.5 Å². The number of anilines is 1. The summed E-state index contributed by atoms with van der Waals surface area (Å²) < 4.78 is 8.46. The van der Waals surface area contributed by atoms with Gasteiger partial charge < -0.3 is 19.5 Å². The first-order chi connectivity index (χ1) is 18.6. The number of ether oxygens (including phenoxy) is 1. The summed E-state index contributed by atoms with van der Waals surface area (Å²) in [5.74, 6) is 1.63. The maximum atomic E-state index is 6.15. The molecule has 1 fully saturated rings. The number of benzene rings is 3. The van der Waals surface area contributed by atoms with Crippen LogP contribution in [0.3, 0.4) is 0 Å². The Balaban J connectivity index is 1.42. The van der Waals surface area contributed by atoms with Gasteiger partial charge in [-0.05, 0) is 98.4 Å². The molecular weight excluding hydrogens is 488 g/mol. The summed E-state index contributed by atoms with van der Waals surface area (Å²) in [7, 11) is 0. The van der Waals surface area contributed by atoms with Crippen molar-refractivity contribution in [1.29, 1.82) is 0 Å². The van der Waals surface area contributed by atoms with Gasteiger partial charge in [-0.15, -0.1) is 0 Å². The fourth-order valence-corrected chi connectivity index (χ4v) is 5.47. The molecule has 1 aliphatic rings. The minimum absolute atomic E-state index is 0.116. The Bertz CT molecular complexity index is 1560. The van der Waals surface area contributed by atoms with E-state index in [1.807, 2.05) is 67.7 Å². The Labute approximate surface area is 228 Å². The molecule has 3 aromatic carbocycles. The van der Waals surface area contributed by atoms with Crippen LogP contribution in [0, 0.1) is 13.8 Å². The summed E-state index contributed by atoms with van der Waals surface area (Å²) in [5, 5.41) is 4.23. The van der Waals surface area contributed by atoms with Crippen LogP contribution in [-0.4, -0.2) is 14.7 Å². The number of nitrogens with zero attached hydrogens (tertiary/aromatic N) is 3. The maximum absolute atomic E-state index is 6.15. The van der Waals surface area contributed by atoms with Crippen LogP contribution in [0.4, 0.5) is 5.69 Å². The molecule has 2 atom stereocenters. The van der Waals surface area contributed by atoms with Crippen LogP contribution in [0.1, 0.15) is 34.7 Å². The molecule has 5 aromatic rings. The zero-order chi connectivity index (χ0) is 26.1. The van der Waals surface area contributed by atoms with Gasteiger partial charge in [0.15, 0.2) is 5.11 Å². The summed E-state index contributed by atoms with van der Waals surface area (Å²) in [6.45, 7) is 4.18. The molecule has 0 aliphatic carbocycles. The number of hydrogen-bond acceptors (Lipinski definition) is 3. The van der Waals surface area contributed by atoms with Crippen molar-refractivity contribution in [1.82, 2.24) is 14.9 Å². The zero-order valence-corrected chi connectivity index (χ0v) is 22.1. The van der Waals surface area contributed by atoms with Gasteiger partial charge in [-0.25, -0.2) is 0 Å². The molecule has 6 heteroatoms. The Morgan fingerprint density at radius 3 is 2.24 bits per heavy atom. The molecule has 2 aromatic heterocycles. The summed E-state index contributed by atoms with van der Waals surface area (Å²) in [5.41, 5.74) is 6.44. The van der Waals surface area contributed by atoms with Crippen molar-refractivity contribution >= 4 is 23.0 Å². The average molecular weight is 517 g/mol. The third-order valence-electron chi connectivity index (χ3n) is 6.96. The number of rotatable bonds is 6. The molecule has 188 valence electrons. The van der Waals surface area contributed by atoms with Crippen molar-refractivity contribution in [2.24, 2.45) is 0 Å². The van der Waals surface area contributed by atoms with Crippen molar-refractivity contribution in [3.05, 3.63) is 138 Å². The molecule has 1 N–H and O–H groups in total. The minimum atomic E-state index is -0.122. The lowest BCUT2D eigenvalue weighted by Crippen LogP contribution is -2.30. The molecule has 0 saturated carbocycles. The molecule has 0 spiro atoms. The predicted molar refractivity (Wildman–Crippen MR) is 156 cm³/mol. The summed E-state index contributed by atoms with van der Waals surface area (Å²) in [6.07, 6.45) is 1.83. The number of pyridine rings is 1. The topological polar surface area (TPSA) is 42.3 Å². The lowest BCUT2D eigenvalue weighted by molar-refractivity contribution is 0.479. The fourth-order valence-electron chi connectivity index (χ4n) is 5.13. The third-order valence-corrected chi connectivity index (χ3v) is 7.27. The Kier molecular flexibility index (Phi) is 6.40. The van der Waals surface area contributed by atoms with Crippen LogP contribution < -0.4 is 15.0 Å². The molecule has 5 nitrogen and oxygen atoms in total. The van der Waals surface area contributed by atoms with Crippen LogP contribution in [0.25, 0.3) is 5.69 Å². The van der Waals surface area contributed by atoms with Crippen LogP contribution in [0.5, 0.6) is 11.5 Å². The molecule has 1 saturated heterocycles. The van der Waals surface area contributed by atoms with E-state index >= 15 is 0 Å². The maximum Gasteiger partial charge on any atom is 0.174 e. The smallest absolute Gasteiger partial charge is 0.174 e. The zero-order valence-electron chi connectivity index (χ0n) is 21.3. The van der Waals surface area contributed by atoms with E-state index < -0.39 is 0 Å². The molecule has 1 aliphatic heterocycles. The summed E-state index contributed by atoms with van der Waals surface area (Å²) in [4.78, 5) is 6.89. The van der Waals surface area contributed by atoms with Gasteiger partial charge in [-0.1, -0.05) is 42.5 Å². The highest BCUT2D eigenvalue weighted by Gasteiger charge is 2.42. The molecule has 0 unspecified atom stereocenters. The van der Waals surface area contributed by atoms with Gasteiger partial charge in [-0.3, -0.25) is 4.98 Å². The molecule has 3 heterocycles. The molecular formula is C32H28N4OS. The van der Waals surface area contributed by atoms with E-state index in [-0.39, 0.29) is 12.1 Å². The number of aromatic nitrogens is 2. The average Bonchev–Trinajstić information content (AvgIpc) is 3.50. The first-order valence-electron chi connectivity index (χ1n) is 12.7. The first kappa shape index (κ1) is 23.9. The predicted octanol–water partition coefficient (Wildman–Crippen LogP) is 7.46. The number of para-hydroxylation sites is 2. The highest BCUT2D eigenvalue weighted by Crippen LogP contribution is 2.43. The molecule has 0 radical (unpaired) electrons. The summed E-state index contributed by atoms with van der Waals surface area (Å²) >= 11 is 5.94. The molecule has 6 rings (SSSR count). The van der Waals surface area contributed by atoms with Gasteiger partial charge in [0, 0.05) is 29.0 Å². The van der Waals surface area contributed by atoms with E-state index in [1.165, 1.54) is 0 Å². The van der Waals surface area contributed by atoms with Crippen molar-refractivity contribution in [2.75, 3.05) is 4.90 Å². The Morgan fingerprint density at radius 1 is 0.763 bits per heavy atom. The van der Waals surface area contributed by atoms with E-state index in [0.29, 0.717) is 5.11 Å². The number of hydrogen-bond donors (Lipinski definition) is 1. The monoisotopic (exact) mass is 516 g/mol. The van der Waals surface area contributed by atoms with E-state index in [2.05, 4.69) is 76.3 Å². The lowest BCUT2D eigenvalue weighted by Gasteiger charge is -2.29. The standard InChI is InChI=1S/C32H28N4OS/c1-22-10-6-7-14-29(22)37-26-18-16-25(17-19-26)36-31(30(34-32(36)38)27-13-8-9-21-33-27)28-20-15-23(2)35(28)24-11-4-3-5-12-24/h3-21,30-31H,1-2H3,(H,34,38)/t30-,31+/m1/s1. The molecule has 0 amide bonds. The SMILES string of the molecule is Cc1ccccc1Oc1ccc(N2C(=S)N[C@H](c3ccccn3)[C@@H]2c2ccc(C)n2-c2ccccc2)cc1. The quantitative estimate of drug-likeness (QED) is 0.237. The van der Waals surface area contributed by atoms with Crippen LogP contribution in [0.15, 0.2) is 115 Å². The van der Waals surface area contributed by atoms with E-state index in [9.17, 15) is 0 Å². The number of thiocarbonyl (C=S) groups is 1. The molecule has 0 bridgehead atoms. The third kappa shape index (κ3) is 4.44. The molecule has 38 heavy (non-hydrogen) atoms. The van der Waals surface area contributed by atoms with E-state index in [1.54, 1.807) is 0 Å². The lowest BCUT2D eigenvalue weighted by atomic mass is 10.0. The van der Waals surface area contributed by atoms with Gasteiger partial charge in [0.2, 0.25) is 0 Å². The van der Waals surface area contributed by atoms with Crippen molar-refractivity contribution in [2.45, 2.75) is 25.9 Å². The second-order valence-corrected chi connectivity index (χ2v) is 9.82. The van der Waals surface area contributed by atoms with Crippen molar-refractivity contribution in [3.63, 3.8) is 0 Å². The highest BCUT2D eigenvalue weighted by atomic mass is 32.1. The summed E-state index contributed by atoms with van der Waals surface area (Å²) in [6, 6.07) is 36.7. The normalized spacial score (nSPS) is 16.9. The Hall–Kier alpha value is -4.42. The van der Waals surface area contributed by atoms with Gasteiger partial charge >= 0.3 is 0 Å². The minimum Gasteiger partial charge on any atom is -0.457 e. The van der Waals surface area contributed by atoms with Gasteiger partial charge in [0.25, 0.3) is 0 Å². The van der Waals surface area contributed by atoms with Crippen molar-refractivity contribution < 1.29 is 4.74 Å². The Morgan fingerprint density at radius 2 is 1.50 bits per heavy atom. The fraction of sp³-hybridized carbons (Fsp3) is 0.125. The largest absolute Gasteiger partial charge is 0.457 e. The number of nitrogens with one attached hydrogen (secondary N) is 1. The van der Waals surface area contributed by atoms with Gasteiger partial charge in [-0.2, -0.15) is 0 Å². The van der Waals surface area contributed by atoms with Crippen LogP contribution in [-0.2, 0) is 0 Å². The highest BCUT2D eigenvalue weighted by molar-refractivity contribution is 7.80. The number of aryl methyl sites for hydroxylation is 2.